The van der Waals surface area contributed by atoms with E-state index in [1.54, 1.807) is 0 Å². The average molecular weight is 278 g/mol. The summed E-state index contributed by atoms with van der Waals surface area (Å²) < 4.78 is 0. The first-order valence-electron chi connectivity index (χ1n) is 6.95. The van der Waals surface area contributed by atoms with Crippen molar-refractivity contribution in [3.63, 3.8) is 0 Å². The van der Waals surface area contributed by atoms with Gasteiger partial charge < -0.3 is 10.6 Å². The predicted molar refractivity (Wildman–Crippen MR) is 86.7 cm³/mol. The second-order valence-electron chi connectivity index (χ2n) is 5.05. The Bertz CT molecular complexity index is 765. The Kier molecular flexibility index (Phi) is 3.54. The van der Waals surface area contributed by atoms with Crippen LogP contribution in [0.4, 0.5) is 11.5 Å². The lowest BCUT2D eigenvalue weighted by Gasteiger charge is -2.20. The molecule has 4 heteroatoms. The van der Waals surface area contributed by atoms with Crippen LogP contribution in [0.3, 0.4) is 0 Å². The van der Waals surface area contributed by atoms with Crippen molar-refractivity contribution in [2.45, 2.75) is 13.5 Å². The molecule has 0 saturated heterocycles. The molecule has 0 fully saturated rings. The lowest BCUT2D eigenvalue weighted by Crippen LogP contribution is -2.14. The number of nitrogens with two attached hydrogens (primary N) is 1. The van der Waals surface area contributed by atoms with Crippen LogP contribution in [0.1, 0.15) is 11.3 Å². The zero-order valence-electron chi connectivity index (χ0n) is 12.2. The standard InChI is InChI=1S/C17H18N4/c1-12-17(20-16-6-4-3-5-15(16)19-12)21(2)14-9-7-13(11-18)8-10-14/h3-10H,11,18H2,1-2H3. The van der Waals surface area contributed by atoms with Gasteiger partial charge in [-0.1, -0.05) is 24.3 Å². The first-order chi connectivity index (χ1) is 10.2. The van der Waals surface area contributed by atoms with Gasteiger partial charge in [-0.2, -0.15) is 0 Å². The van der Waals surface area contributed by atoms with E-state index in [1.807, 2.05) is 50.4 Å². The molecule has 0 amide bonds. The molecular formula is C17H18N4. The van der Waals surface area contributed by atoms with Crippen molar-refractivity contribution in [3.8, 4) is 0 Å². The third-order valence-electron chi connectivity index (χ3n) is 3.60. The molecule has 106 valence electrons. The van der Waals surface area contributed by atoms with E-state index in [9.17, 15) is 0 Å². The van der Waals surface area contributed by atoms with Gasteiger partial charge >= 0.3 is 0 Å². The third-order valence-corrected chi connectivity index (χ3v) is 3.60. The molecule has 3 rings (SSSR count). The number of para-hydroxylation sites is 2. The second kappa shape index (κ2) is 5.50. The van der Waals surface area contributed by atoms with Gasteiger partial charge in [-0.3, -0.25) is 0 Å². The van der Waals surface area contributed by atoms with Crippen LogP contribution in [0.5, 0.6) is 0 Å². The normalized spacial score (nSPS) is 10.8. The largest absolute Gasteiger partial charge is 0.328 e. The number of hydrogen-bond acceptors (Lipinski definition) is 4. The Hall–Kier alpha value is -2.46. The predicted octanol–water partition coefficient (Wildman–Crippen LogP) is 3.16. The van der Waals surface area contributed by atoms with E-state index in [-0.39, 0.29) is 0 Å². The summed E-state index contributed by atoms with van der Waals surface area (Å²) in [6.45, 7) is 2.54. The molecule has 2 aromatic carbocycles. The Morgan fingerprint density at radius 3 is 2.19 bits per heavy atom. The van der Waals surface area contributed by atoms with Crippen LogP contribution in [-0.2, 0) is 6.54 Å². The van der Waals surface area contributed by atoms with E-state index in [4.69, 9.17) is 10.7 Å². The smallest absolute Gasteiger partial charge is 0.154 e. The summed E-state index contributed by atoms with van der Waals surface area (Å²) >= 11 is 0. The van der Waals surface area contributed by atoms with Gasteiger partial charge in [-0.25, -0.2) is 9.97 Å². The van der Waals surface area contributed by atoms with Crippen LogP contribution < -0.4 is 10.6 Å². The number of rotatable bonds is 3. The van der Waals surface area contributed by atoms with Crippen LogP contribution in [-0.4, -0.2) is 17.0 Å². The summed E-state index contributed by atoms with van der Waals surface area (Å²) in [5.41, 5.74) is 10.6. The molecule has 4 nitrogen and oxygen atoms in total. The van der Waals surface area contributed by atoms with Gasteiger partial charge in [-0.15, -0.1) is 0 Å². The van der Waals surface area contributed by atoms with Gasteiger partial charge in [0.1, 0.15) is 0 Å². The maximum Gasteiger partial charge on any atom is 0.154 e. The highest BCUT2D eigenvalue weighted by molar-refractivity contribution is 5.77. The highest BCUT2D eigenvalue weighted by Crippen LogP contribution is 2.26. The van der Waals surface area contributed by atoms with Gasteiger partial charge in [0.05, 0.1) is 16.7 Å². The molecule has 0 spiro atoms. The Morgan fingerprint density at radius 1 is 0.952 bits per heavy atom. The first-order valence-corrected chi connectivity index (χ1v) is 6.95. The van der Waals surface area contributed by atoms with Gasteiger partial charge in [0, 0.05) is 19.3 Å². The molecule has 0 atom stereocenters. The summed E-state index contributed by atoms with van der Waals surface area (Å²) in [6.07, 6.45) is 0. The zero-order chi connectivity index (χ0) is 14.8. The monoisotopic (exact) mass is 278 g/mol. The highest BCUT2D eigenvalue weighted by atomic mass is 15.2. The number of aromatic nitrogens is 2. The van der Waals surface area contributed by atoms with Crippen LogP contribution in [0.2, 0.25) is 0 Å². The topological polar surface area (TPSA) is 55.0 Å². The van der Waals surface area contributed by atoms with Crippen LogP contribution in [0, 0.1) is 6.92 Å². The molecule has 0 radical (unpaired) electrons. The van der Waals surface area contributed by atoms with Crippen LogP contribution in [0.15, 0.2) is 48.5 Å². The van der Waals surface area contributed by atoms with E-state index in [2.05, 4.69) is 22.0 Å². The van der Waals surface area contributed by atoms with Crippen molar-refractivity contribution in [2.24, 2.45) is 5.73 Å². The molecule has 0 aliphatic carbocycles. The van der Waals surface area contributed by atoms with Gasteiger partial charge in [-0.05, 0) is 36.8 Å². The lowest BCUT2D eigenvalue weighted by molar-refractivity contribution is 1.05. The van der Waals surface area contributed by atoms with Crippen molar-refractivity contribution >= 4 is 22.5 Å². The maximum absolute atomic E-state index is 5.64. The van der Waals surface area contributed by atoms with Crippen molar-refractivity contribution < 1.29 is 0 Å². The van der Waals surface area contributed by atoms with Crippen molar-refractivity contribution in [1.29, 1.82) is 0 Å². The SMILES string of the molecule is Cc1nc2ccccc2nc1N(C)c1ccc(CN)cc1. The summed E-state index contributed by atoms with van der Waals surface area (Å²) in [6, 6.07) is 16.1. The summed E-state index contributed by atoms with van der Waals surface area (Å²) in [4.78, 5) is 11.4. The van der Waals surface area contributed by atoms with E-state index in [0.29, 0.717) is 6.54 Å². The van der Waals surface area contributed by atoms with Crippen LogP contribution >= 0.6 is 0 Å². The number of fused-ring (bicyclic) bond motifs is 1. The minimum absolute atomic E-state index is 0.554. The fourth-order valence-electron chi connectivity index (χ4n) is 2.37. The Morgan fingerprint density at radius 2 is 1.57 bits per heavy atom. The van der Waals surface area contributed by atoms with Crippen molar-refractivity contribution in [3.05, 3.63) is 59.8 Å². The van der Waals surface area contributed by atoms with E-state index in [1.165, 1.54) is 0 Å². The van der Waals surface area contributed by atoms with Gasteiger partial charge in [0.2, 0.25) is 0 Å². The molecule has 0 bridgehead atoms. The molecule has 0 aliphatic rings. The Labute approximate surface area is 124 Å². The highest BCUT2D eigenvalue weighted by Gasteiger charge is 2.11. The minimum Gasteiger partial charge on any atom is -0.328 e. The first kappa shape index (κ1) is 13.5. The summed E-state index contributed by atoms with van der Waals surface area (Å²) in [5, 5.41) is 0. The molecule has 21 heavy (non-hydrogen) atoms. The number of aryl methyl sites for hydroxylation is 1. The Balaban J connectivity index is 2.03. The van der Waals surface area contributed by atoms with Gasteiger partial charge in [0.15, 0.2) is 5.82 Å². The molecule has 1 aromatic heterocycles. The zero-order valence-corrected chi connectivity index (χ0v) is 12.2. The molecule has 3 aromatic rings. The number of hydrogen-bond donors (Lipinski definition) is 1. The van der Waals surface area contributed by atoms with Crippen LogP contribution in [0.25, 0.3) is 11.0 Å². The summed E-state index contributed by atoms with van der Waals surface area (Å²) in [5.74, 6) is 0.870. The molecule has 0 unspecified atom stereocenters. The summed E-state index contributed by atoms with van der Waals surface area (Å²) in [7, 11) is 2.00. The van der Waals surface area contributed by atoms with Gasteiger partial charge in [0.25, 0.3) is 0 Å². The molecular weight excluding hydrogens is 260 g/mol. The lowest BCUT2D eigenvalue weighted by atomic mass is 10.2. The van der Waals surface area contributed by atoms with Crippen molar-refractivity contribution in [1.82, 2.24) is 9.97 Å². The maximum atomic E-state index is 5.64. The average Bonchev–Trinajstić information content (AvgIpc) is 2.53. The third kappa shape index (κ3) is 2.58. The minimum atomic E-state index is 0.554. The molecule has 0 aliphatic heterocycles. The quantitative estimate of drug-likeness (QED) is 0.799. The van der Waals surface area contributed by atoms with E-state index < -0.39 is 0 Å². The second-order valence-corrected chi connectivity index (χ2v) is 5.05. The fourth-order valence-corrected chi connectivity index (χ4v) is 2.37. The molecule has 2 N–H and O–H groups in total. The number of anilines is 2. The number of nitrogens with zero attached hydrogens (tertiary/aromatic N) is 3. The molecule has 0 saturated carbocycles. The molecule has 1 heterocycles. The fraction of sp³-hybridized carbons (Fsp3) is 0.176. The number of benzene rings is 2. The van der Waals surface area contributed by atoms with E-state index >= 15 is 0 Å². The van der Waals surface area contributed by atoms with E-state index in [0.717, 1.165) is 33.8 Å². The van der Waals surface area contributed by atoms with Crippen molar-refractivity contribution in [2.75, 3.05) is 11.9 Å².